The van der Waals surface area contributed by atoms with E-state index in [0.29, 0.717) is 0 Å². The summed E-state index contributed by atoms with van der Waals surface area (Å²) in [5, 5.41) is 0.779. The zero-order valence-electron chi connectivity index (χ0n) is 7.03. The number of fused-ring (bicyclic) bond motifs is 2. The van der Waals surface area contributed by atoms with Crippen molar-refractivity contribution < 1.29 is 1.43 Å². The summed E-state index contributed by atoms with van der Waals surface area (Å²) in [5.74, 6) is 1.12. The van der Waals surface area contributed by atoms with E-state index in [1.54, 1.807) is 7.28 Å². The lowest BCUT2D eigenvalue weighted by molar-refractivity contribution is 0.370. The van der Waals surface area contributed by atoms with Gasteiger partial charge in [-0.25, -0.2) is 0 Å². The monoisotopic (exact) mass is 138 g/mol. The summed E-state index contributed by atoms with van der Waals surface area (Å²) in [6.07, 6.45) is 9.14. The van der Waals surface area contributed by atoms with Crippen molar-refractivity contribution in [1.29, 1.82) is 0 Å². The molecule has 0 aromatic heterocycles. The molecule has 2 saturated heterocycles. The van der Waals surface area contributed by atoms with Gasteiger partial charge in [0.1, 0.15) is 7.28 Å². The minimum absolute atomic E-state index is 0. The first kappa shape index (κ1) is 6.76. The van der Waals surface area contributed by atoms with E-state index in [1.807, 2.05) is 0 Å². The molecule has 0 spiro atoms. The molecular weight excluding hydrogens is 119 g/mol. The molecule has 2 fully saturated rings. The van der Waals surface area contributed by atoms with Gasteiger partial charge in [0.2, 0.25) is 0 Å². The lowest BCUT2D eigenvalue weighted by atomic mass is 9.36. The molecule has 0 saturated carbocycles. The molecule has 0 amide bonds. The Bertz CT molecular complexity index is 126. The fourth-order valence-electron chi connectivity index (χ4n) is 3.01. The van der Waals surface area contributed by atoms with Crippen LogP contribution in [0.25, 0.3) is 0 Å². The molecule has 0 aromatic rings. The Morgan fingerprint density at radius 2 is 1.90 bits per heavy atom. The summed E-state index contributed by atoms with van der Waals surface area (Å²) in [7, 11) is 1.55. The van der Waals surface area contributed by atoms with E-state index >= 15 is 0 Å². The molecule has 0 aromatic carbocycles. The second kappa shape index (κ2) is 2.28. The van der Waals surface area contributed by atoms with Gasteiger partial charge in [-0.2, -0.15) is 0 Å². The smallest absolute Gasteiger partial charge is 0.0666 e. The predicted octanol–water partition coefficient (Wildman–Crippen LogP) is 3.00. The molecule has 2 bridgehead atoms. The van der Waals surface area contributed by atoms with Gasteiger partial charge < -0.3 is 0 Å². The summed E-state index contributed by atoms with van der Waals surface area (Å²) in [6, 6.07) is 0. The third-order valence-corrected chi connectivity index (χ3v) is 3.57. The van der Waals surface area contributed by atoms with Crippen LogP contribution < -0.4 is 0 Å². The van der Waals surface area contributed by atoms with Crippen LogP contribution >= 0.6 is 0 Å². The van der Waals surface area contributed by atoms with Crippen LogP contribution in [0.4, 0.5) is 0 Å². The van der Waals surface area contributed by atoms with E-state index < -0.39 is 0 Å². The van der Waals surface area contributed by atoms with Crippen LogP contribution in [0.1, 0.15) is 46.9 Å². The second-order valence-electron chi connectivity index (χ2n) is 4.67. The van der Waals surface area contributed by atoms with E-state index in [1.165, 1.54) is 38.5 Å². The molecule has 1 heteroatoms. The number of hydrogen-bond acceptors (Lipinski definition) is 0. The highest BCUT2D eigenvalue weighted by Gasteiger charge is 2.36. The molecule has 10 heavy (non-hydrogen) atoms. The van der Waals surface area contributed by atoms with Crippen molar-refractivity contribution >= 4 is 7.28 Å². The molecule has 0 nitrogen and oxygen atoms in total. The fraction of sp³-hybridized carbons (Fsp3) is 1.00. The quantitative estimate of drug-likeness (QED) is 0.451. The molecule has 0 unspecified atom stereocenters. The van der Waals surface area contributed by atoms with E-state index in [0.717, 1.165) is 11.1 Å². The van der Waals surface area contributed by atoms with Crippen molar-refractivity contribution in [2.24, 2.45) is 0 Å². The average molecular weight is 138 g/mol. The molecule has 0 atom stereocenters. The van der Waals surface area contributed by atoms with Crippen molar-refractivity contribution in [3.63, 3.8) is 0 Å². The largest absolute Gasteiger partial charge is 0.131 e. The third kappa shape index (κ3) is 1.11. The molecule has 2 rings (SSSR count). The van der Waals surface area contributed by atoms with Gasteiger partial charge in [0.25, 0.3) is 0 Å². The van der Waals surface area contributed by atoms with E-state index in [-0.39, 0.29) is 1.43 Å². The topological polar surface area (TPSA) is 0 Å². The third-order valence-electron chi connectivity index (χ3n) is 3.57. The van der Waals surface area contributed by atoms with Gasteiger partial charge in [-0.15, -0.1) is 0 Å². The standard InChI is InChI=1S/C9H17B.H2/c1-9-6-2-4-8(10-9)5-3-7-9;/h8,10H,2-7H2,1H3;1H. The summed E-state index contributed by atoms with van der Waals surface area (Å²) < 4.78 is 0. The highest BCUT2D eigenvalue weighted by molar-refractivity contribution is 6.42. The van der Waals surface area contributed by atoms with Crippen LogP contribution in [-0.4, -0.2) is 7.28 Å². The van der Waals surface area contributed by atoms with Gasteiger partial charge in [-0.05, 0) is 0 Å². The first-order valence-corrected chi connectivity index (χ1v) is 4.79. The molecule has 2 heterocycles. The average Bonchev–Trinajstić information content (AvgIpc) is 1.86. The zero-order chi connectivity index (χ0) is 7.03. The summed E-state index contributed by atoms with van der Waals surface area (Å²) in [4.78, 5) is 0. The van der Waals surface area contributed by atoms with Gasteiger partial charge in [-0.3, -0.25) is 0 Å². The number of hydrogen-bond donors (Lipinski definition) is 0. The van der Waals surface area contributed by atoms with Crippen LogP contribution in [0.3, 0.4) is 0 Å². The molecule has 2 aliphatic rings. The molecule has 0 aliphatic carbocycles. The highest BCUT2D eigenvalue weighted by atomic mass is 14.3. The van der Waals surface area contributed by atoms with E-state index in [2.05, 4.69) is 6.92 Å². The summed E-state index contributed by atoms with van der Waals surface area (Å²) >= 11 is 0. The van der Waals surface area contributed by atoms with Crippen molar-refractivity contribution in [2.75, 3.05) is 0 Å². The van der Waals surface area contributed by atoms with Crippen LogP contribution in [0, 0.1) is 0 Å². The Hall–Kier alpha value is 0.0649. The molecular formula is C9H19B. The molecule has 58 valence electrons. The maximum absolute atomic E-state index is 2.50. The first-order chi connectivity index (χ1) is 4.79. The van der Waals surface area contributed by atoms with Gasteiger partial charge in [0.15, 0.2) is 0 Å². The lowest BCUT2D eigenvalue weighted by Gasteiger charge is -2.41. The minimum Gasteiger partial charge on any atom is -0.0666 e. The fourth-order valence-corrected chi connectivity index (χ4v) is 3.01. The zero-order valence-corrected chi connectivity index (χ0v) is 7.03. The predicted molar refractivity (Wildman–Crippen MR) is 49.1 cm³/mol. The SMILES string of the molecule is CC12BC(CCC1)CCC2.[HH]. The Balaban J connectivity index is 0.000000605. The van der Waals surface area contributed by atoms with Gasteiger partial charge >= 0.3 is 0 Å². The summed E-state index contributed by atoms with van der Waals surface area (Å²) in [6.45, 7) is 2.50. The second-order valence-corrected chi connectivity index (χ2v) is 4.67. The molecule has 2 aliphatic heterocycles. The maximum Gasteiger partial charge on any atom is 0.131 e. The Morgan fingerprint density at radius 1 is 1.30 bits per heavy atom. The van der Waals surface area contributed by atoms with Gasteiger partial charge in [-0.1, -0.05) is 56.6 Å². The Kier molecular flexibility index (Phi) is 1.54. The van der Waals surface area contributed by atoms with Crippen LogP contribution in [0.2, 0.25) is 11.1 Å². The normalized spacial score (nSPS) is 46.3. The first-order valence-electron chi connectivity index (χ1n) is 4.79. The van der Waals surface area contributed by atoms with E-state index in [4.69, 9.17) is 0 Å². The number of rotatable bonds is 0. The van der Waals surface area contributed by atoms with E-state index in [9.17, 15) is 0 Å². The van der Waals surface area contributed by atoms with Crippen molar-refractivity contribution in [3.8, 4) is 0 Å². The Morgan fingerprint density at radius 3 is 2.30 bits per heavy atom. The van der Waals surface area contributed by atoms with Gasteiger partial charge in [0, 0.05) is 1.43 Å². The lowest BCUT2D eigenvalue weighted by Crippen LogP contribution is -2.29. The summed E-state index contributed by atoms with van der Waals surface area (Å²) in [5.41, 5.74) is 0. The minimum atomic E-state index is 0. The maximum atomic E-state index is 2.50. The van der Waals surface area contributed by atoms with Gasteiger partial charge in [0.05, 0.1) is 0 Å². The molecule has 0 radical (unpaired) electrons. The van der Waals surface area contributed by atoms with Crippen LogP contribution in [0.5, 0.6) is 0 Å². The Labute approximate surface area is 66.1 Å². The highest BCUT2D eigenvalue weighted by Crippen LogP contribution is 2.50. The van der Waals surface area contributed by atoms with Crippen LogP contribution in [0.15, 0.2) is 0 Å². The van der Waals surface area contributed by atoms with Crippen LogP contribution in [-0.2, 0) is 0 Å². The van der Waals surface area contributed by atoms with Crippen molar-refractivity contribution in [1.82, 2.24) is 0 Å². The molecule has 0 N–H and O–H groups in total. The van der Waals surface area contributed by atoms with Crippen molar-refractivity contribution in [2.45, 2.75) is 56.6 Å². The van der Waals surface area contributed by atoms with Crippen molar-refractivity contribution in [3.05, 3.63) is 0 Å².